The third-order valence-corrected chi connectivity index (χ3v) is 3.66. The van der Waals surface area contributed by atoms with Gasteiger partial charge in [0.05, 0.1) is 5.02 Å². The third kappa shape index (κ3) is 3.14. The van der Waals surface area contributed by atoms with E-state index in [1.165, 1.54) is 0 Å². The molecule has 0 fully saturated rings. The van der Waals surface area contributed by atoms with E-state index in [0.29, 0.717) is 11.3 Å². The van der Waals surface area contributed by atoms with Crippen LogP contribution in [0.5, 0.6) is 0 Å². The molecule has 0 amide bonds. The quantitative estimate of drug-likeness (QED) is 0.661. The highest BCUT2D eigenvalue weighted by molar-refractivity contribution is 7.98. The van der Waals surface area contributed by atoms with Crippen molar-refractivity contribution >= 4 is 29.1 Å². The second-order valence-corrected chi connectivity index (χ2v) is 5.03. The highest BCUT2D eigenvalue weighted by atomic mass is 35.5. The van der Waals surface area contributed by atoms with Gasteiger partial charge in [0.1, 0.15) is 5.82 Å². The van der Waals surface area contributed by atoms with Crippen molar-refractivity contribution in [1.82, 2.24) is 0 Å². The lowest BCUT2D eigenvalue weighted by Gasteiger charge is -2.05. The predicted octanol–water partition coefficient (Wildman–Crippen LogP) is 4.35. The van der Waals surface area contributed by atoms with Crippen LogP contribution in [0.25, 0.3) is 0 Å². The molecule has 0 aliphatic heterocycles. The Labute approximate surface area is 109 Å². The molecule has 2 aromatic carbocycles. The van der Waals surface area contributed by atoms with Crippen LogP contribution in [0.1, 0.15) is 5.56 Å². The van der Waals surface area contributed by atoms with Crippen molar-refractivity contribution < 1.29 is 4.39 Å². The van der Waals surface area contributed by atoms with Crippen molar-refractivity contribution in [2.75, 3.05) is 5.73 Å². The van der Waals surface area contributed by atoms with Crippen molar-refractivity contribution in [3.63, 3.8) is 0 Å². The number of thioether (sulfide) groups is 1. The Kier molecular flexibility index (Phi) is 3.92. The fourth-order valence-electron chi connectivity index (χ4n) is 1.39. The van der Waals surface area contributed by atoms with Gasteiger partial charge in [-0.1, -0.05) is 23.7 Å². The van der Waals surface area contributed by atoms with E-state index >= 15 is 0 Å². The van der Waals surface area contributed by atoms with Gasteiger partial charge in [0.25, 0.3) is 0 Å². The number of hydrogen-bond acceptors (Lipinski definition) is 2. The number of benzene rings is 2. The molecule has 88 valence electrons. The summed E-state index contributed by atoms with van der Waals surface area (Å²) in [7, 11) is 0. The van der Waals surface area contributed by atoms with Gasteiger partial charge in [-0.15, -0.1) is 11.8 Å². The highest BCUT2D eigenvalue weighted by Crippen LogP contribution is 2.27. The summed E-state index contributed by atoms with van der Waals surface area (Å²) in [5, 5.41) is 0.167. The topological polar surface area (TPSA) is 26.0 Å². The van der Waals surface area contributed by atoms with Gasteiger partial charge in [0.15, 0.2) is 0 Å². The monoisotopic (exact) mass is 267 g/mol. The molecular weight excluding hydrogens is 257 g/mol. The van der Waals surface area contributed by atoms with E-state index in [-0.39, 0.29) is 10.8 Å². The molecule has 0 radical (unpaired) electrons. The molecule has 2 N–H and O–H groups in total. The molecule has 17 heavy (non-hydrogen) atoms. The molecule has 0 atom stereocenters. The number of nitrogens with two attached hydrogens (primary N) is 1. The Morgan fingerprint density at radius 2 is 1.82 bits per heavy atom. The summed E-state index contributed by atoms with van der Waals surface area (Å²) in [5.41, 5.74) is 6.93. The third-order valence-electron chi connectivity index (χ3n) is 2.31. The van der Waals surface area contributed by atoms with Crippen LogP contribution in [0.4, 0.5) is 10.1 Å². The predicted molar refractivity (Wildman–Crippen MR) is 71.8 cm³/mol. The minimum Gasteiger partial charge on any atom is -0.399 e. The van der Waals surface area contributed by atoms with Gasteiger partial charge in [-0.25, -0.2) is 4.39 Å². The lowest BCUT2D eigenvalue weighted by molar-refractivity contribution is 0.618. The molecule has 0 aromatic heterocycles. The van der Waals surface area contributed by atoms with Crippen molar-refractivity contribution in [3.05, 3.63) is 58.9 Å². The molecular formula is C13H11ClFNS. The molecule has 2 aromatic rings. The zero-order valence-electron chi connectivity index (χ0n) is 8.99. The first-order valence-corrected chi connectivity index (χ1v) is 6.44. The molecule has 0 saturated heterocycles. The first-order valence-electron chi connectivity index (χ1n) is 5.08. The number of anilines is 1. The standard InChI is InChI=1S/C13H11ClFNS/c14-12-3-1-2-9(13(12)15)8-17-11-6-4-10(16)5-7-11/h1-7H,8,16H2. The van der Waals surface area contributed by atoms with Crippen LogP contribution in [0, 0.1) is 5.82 Å². The van der Waals surface area contributed by atoms with Crippen LogP contribution in [-0.2, 0) is 5.75 Å². The Hall–Kier alpha value is -1.19. The van der Waals surface area contributed by atoms with E-state index in [1.807, 2.05) is 24.3 Å². The highest BCUT2D eigenvalue weighted by Gasteiger charge is 2.06. The molecule has 0 spiro atoms. The molecule has 0 aliphatic rings. The SMILES string of the molecule is Nc1ccc(SCc2cccc(Cl)c2F)cc1. The molecule has 0 bridgehead atoms. The van der Waals surface area contributed by atoms with Crippen molar-refractivity contribution in [2.45, 2.75) is 10.6 Å². The lowest BCUT2D eigenvalue weighted by atomic mass is 10.2. The molecule has 2 rings (SSSR count). The van der Waals surface area contributed by atoms with Crippen LogP contribution in [0.3, 0.4) is 0 Å². The van der Waals surface area contributed by atoms with Crippen molar-refractivity contribution in [2.24, 2.45) is 0 Å². The Morgan fingerprint density at radius 1 is 1.12 bits per heavy atom. The largest absolute Gasteiger partial charge is 0.399 e. The second-order valence-electron chi connectivity index (χ2n) is 3.57. The number of hydrogen-bond donors (Lipinski definition) is 1. The number of rotatable bonds is 3. The molecule has 4 heteroatoms. The van der Waals surface area contributed by atoms with Gasteiger partial charge in [0.2, 0.25) is 0 Å². The fourth-order valence-corrected chi connectivity index (χ4v) is 2.45. The molecule has 0 saturated carbocycles. The molecule has 0 unspecified atom stereocenters. The molecule has 1 nitrogen and oxygen atoms in total. The zero-order valence-corrected chi connectivity index (χ0v) is 10.6. The lowest BCUT2D eigenvalue weighted by Crippen LogP contribution is -1.88. The average molecular weight is 268 g/mol. The van der Waals surface area contributed by atoms with Crippen LogP contribution in [-0.4, -0.2) is 0 Å². The first kappa shape index (κ1) is 12.3. The molecule has 0 aliphatic carbocycles. The summed E-state index contributed by atoms with van der Waals surface area (Å²) < 4.78 is 13.6. The van der Waals surface area contributed by atoms with E-state index in [4.69, 9.17) is 17.3 Å². The van der Waals surface area contributed by atoms with E-state index < -0.39 is 0 Å². The van der Waals surface area contributed by atoms with Crippen LogP contribution < -0.4 is 5.73 Å². The summed E-state index contributed by atoms with van der Waals surface area (Å²) in [6, 6.07) is 12.5. The van der Waals surface area contributed by atoms with E-state index in [9.17, 15) is 4.39 Å². The van der Waals surface area contributed by atoms with E-state index in [0.717, 1.165) is 10.6 Å². The maximum Gasteiger partial charge on any atom is 0.145 e. The average Bonchev–Trinajstić information content (AvgIpc) is 2.33. The van der Waals surface area contributed by atoms with Gasteiger partial charge >= 0.3 is 0 Å². The summed E-state index contributed by atoms with van der Waals surface area (Å²) in [6.45, 7) is 0. The van der Waals surface area contributed by atoms with Crippen molar-refractivity contribution in [3.8, 4) is 0 Å². The smallest absolute Gasteiger partial charge is 0.145 e. The minimum absolute atomic E-state index is 0.167. The van der Waals surface area contributed by atoms with Gasteiger partial charge < -0.3 is 5.73 Å². The van der Waals surface area contributed by atoms with E-state index in [1.54, 1.807) is 30.0 Å². The Bertz CT molecular complexity index is 513. The van der Waals surface area contributed by atoms with Crippen LogP contribution >= 0.6 is 23.4 Å². The van der Waals surface area contributed by atoms with Gasteiger partial charge in [-0.05, 0) is 35.9 Å². The van der Waals surface area contributed by atoms with Gasteiger partial charge in [-0.2, -0.15) is 0 Å². The number of halogens is 2. The maximum atomic E-state index is 13.6. The van der Waals surface area contributed by atoms with Crippen LogP contribution in [0.15, 0.2) is 47.4 Å². The molecule has 0 heterocycles. The summed E-state index contributed by atoms with van der Waals surface area (Å²) in [4.78, 5) is 1.05. The first-order chi connectivity index (χ1) is 8.16. The van der Waals surface area contributed by atoms with Crippen molar-refractivity contribution in [1.29, 1.82) is 0 Å². The Balaban J connectivity index is 2.07. The number of nitrogen functional groups attached to an aromatic ring is 1. The van der Waals surface area contributed by atoms with Gasteiger partial charge in [0, 0.05) is 16.3 Å². The minimum atomic E-state index is -0.336. The summed E-state index contributed by atoms with van der Waals surface area (Å²) in [6.07, 6.45) is 0. The fraction of sp³-hybridized carbons (Fsp3) is 0.0769. The second kappa shape index (κ2) is 5.43. The van der Waals surface area contributed by atoms with E-state index in [2.05, 4.69) is 0 Å². The zero-order chi connectivity index (χ0) is 12.3. The Morgan fingerprint density at radius 3 is 2.53 bits per heavy atom. The maximum absolute atomic E-state index is 13.6. The normalized spacial score (nSPS) is 10.5. The van der Waals surface area contributed by atoms with Crippen LogP contribution in [0.2, 0.25) is 5.02 Å². The summed E-state index contributed by atoms with van der Waals surface area (Å²) >= 11 is 7.27. The summed E-state index contributed by atoms with van der Waals surface area (Å²) in [5.74, 6) is 0.216. The van der Waals surface area contributed by atoms with Gasteiger partial charge in [-0.3, -0.25) is 0 Å².